The van der Waals surface area contributed by atoms with Crippen LogP contribution in [0.5, 0.6) is 0 Å². The third-order valence-electron chi connectivity index (χ3n) is 7.72. The molecule has 37 heavy (non-hydrogen) atoms. The summed E-state index contributed by atoms with van der Waals surface area (Å²) < 4.78 is 17.0. The van der Waals surface area contributed by atoms with E-state index in [1.54, 1.807) is 0 Å². The Kier molecular flexibility index (Phi) is 6.12. The Morgan fingerprint density at radius 2 is 1.84 bits per heavy atom. The van der Waals surface area contributed by atoms with Crippen LogP contribution >= 0.6 is 0 Å². The Labute approximate surface area is 216 Å². The van der Waals surface area contributed by atoms with E-state index in [9.17, 15) is 4.39 Å². The molecule has 1 aromatic carbocycles. The molecule has 6 rings (SSSR count). The summed E-state index contributed by atoms with van der Waals surface area (Å²) in [6.07, 6.45) is 4.38. The minimum absolute atomic E-state index is 0.244. The van der Waals surface area contributed by atoms with Gasteiger partial charge in [-0.1, -0.05) is 19.1 Å². The molecule has 3 aromatic heterocycles. The highest BCUT2D eigenvalue weighted by molar-refractivity contribution is 5.82. The van der Waals surface area contributed by atoms with Gasteiger partial charge in [-0.05, 0) is 57.5 Å². The summed E-state index contributed by atoms with van der Waals surface area (Å²) >= 11 is 0. The number of anilines is 2. The van der Waals surface area contributed by atoms with Gasteiger partial charge in [0, 0.05) is 49.5 Å². The predicted octanol–water partition coefficient (Wildman–Crippen LogP) is 4.94. The third-order valence-corrected chi connectivity index (χ3v) is 7.72. The number of nitrogens with one attached hydrogen (secondary N) is 1. The topological polar surface area (TPSA) is 75.0 Å². The number of likely N-dealkylation sites (tertiary alicyclic amines) is 2. The smallest absolute Gasteiger partial charge is 0.229 e. The molecule has 0 amide bonds. The highest BCUT2D eigenvalue weighted by atomic mass is 19.1. The zero-order chi connectivity index (χ0) is 25.7. The van der Waals surface area contributed by atoms with Crippen LogP contribution in [0, 0.1) is 12.7 Å². The monoisotopic (exact) mass is 500 g/mol. The Morgan fingerprint density at radius 1 is 1.03 bits per heavy atom. The molecule has 1 N–H and O–H groups in total. The number of aromatic nitrogens is 5. The zero-order valence-electron chi connectivity index (χ0n) is 21.8. The number of halogens is 1. The van der Waals surface area contributed by atoms with Crippen LogP contribution < -0.4 is 5.32 Å². The summed E-state index contributed by atoms with van der Waals surface area (Å²) in [7, 11) is 0. The van der Waals surface area contributed by atoms with Gasteiger partial charge in [0.2, 0.25) is 5.95 Å². The highest BCUT2D eigenvalue weighted by Crippen LogP contribution is 2.32. The first-order chi connectivity index (χ1) is 17.9. The Balaban J connectivity index is 1.18. The third kappa shape index (κ3) is 4.46. The van der Waals surface area contributed by atoms with Crippen LogP contribution in [0.3, 0.4) is 0 Å². The average Bonchev–Trinajstić information content (AvgIpc) is 3.57. The van der Waals surface area contributed by atoms with Crippen molar-refractivity contribution in [2.24, 2.45) is 0 Å². The van der Waals surface area contributed by atoms with Crippen LogP contribution in [0.2, 0.25) is 0 Å². The summed E-state index contributed by atoms with van der Waals surface area (Å²) in [5.41, 5.74) is 3.96. The van der Waals surface area contributed by atoms with Gasteiger partial charge in [0.25, 0.3) is 0 Å². The van der Waals surface area contributed by atoms with Crippen LogP contribution in [0.1, 0.15) is 44.6 Å². The summed E-state index contributed by atoms with van der Waals surface area (Å²) in [5.74, 6) is 1.40. The zero-order valence-corrected chi connectivity index (χ0v) is 21.8. The number of rotatable bonds is 7. The largest absolute Gasteiger partial charge is 0.326 e. The lowest BCUT2D eigenvalue weighted by Crippen LogP contribution is -2.45. The minimum Gasteiger partial charge on any atom is -0.326 e. The molecule has 0 radical (unpaired) electrons. The van der Waals surface area contributed by atoms with E-state index in [2.05, 4.69) is 66.5 Å². The molecule has 2 unspecified atom stereocenters. The SMILES string of the molecule is CCN1CC2CC1CN2Cc1ccc(Nc2ncc(F)c(-c3ccc4nc(C)n(C(C)C)c4c3)n2)nc1. The van der Waals surface area contributed by atoms with Crippen LogP contribution in [-0.2, 0) is 6.54 Å². The van der Waals surface area contributed by atoms with Crippen LogP contribution in [-0.4, -0.2) is 66.0 Å². The number of likely N-dealkylation sites (N-methyl/N-ethyl adjacent to an activating group) is 1. The molecule has 2 bridgehead atoms. The molecular weight excluding hydrogens is 467 g/mol. The number of hydrogen-bond acceptors (Lipinski definition) is 7. The van der Waals surface area contributed by atoms with Crippen LogP contribution in [0.25, 0.3) is 22.3 Å². The molecule has 2 aliphatic rings. The number of benzene rings is 1. The van der Waals surface area contributed by atoms with Gasteiger partial charge in [0.15, 0.2) is 5.82 Å². The first-order valence-electron chi connectivity index (χ1n) is 13.1. The van der Waals surface area contributed by atoms with Crippen molar-refractivity contribution in [2.45, 2.75) is 58.8 Å². The number of piperazine rings is 1. The van der Waals surface area contributed by atoms with E-state index in [-0.39, 0.29) is 11.7 Å². The Bertz CT molecular complexity index is 1430. The van der Waals surface area contributed by atoms with E-state index < -0.39 is 5.82 Å². The van der Waals surface area contributed by atoms with Gasteiger partial charge in [-0.3, -0.25) is 9.80 Å². The lowest BCUT2D eigenvalue weighted by Gasteiger charge is -2.33. The van der Waals surface area contributed by atoms with Crippen molar-refractivity contribution in [2.75, 3.05) is 25.0 Å². The van der Waals surface area contributed by atoms with E-state index >= 15 is 0 Å². The maximum atomic E-state index is 14.8. The van der Waals surface area contributed by atoms with E-state index in [0.29, 0.717) is 29.4 Å². The molecule has 8 nitrogen and oxygen atoms in total. The van der Waals surface area contributed by atoms with E-state index in [0.717, 1.165) is 36.5 Å². The molecule has 2 atom stereocenters. The van der Waals surface area contributed by atoms with Crippen LogP contribution in [0.15, 0.2) is 42.7 Å². The molecule has 0 aliphatic carbocycles. The Morgan fingerprint density at radius 3 is 2.54 bits per heavy atom. The van der Waals surface area contributed by atoms with Crippen molar-refractivity contribution in [3.05, 3.63) is 59.9 Å². The summed E-state index contributed by atoms with van der Waals surface area (Å²) in [4.78, 5) is 23.0. The van der Waals surface area contributed by atoms with Crippen molar-refractivity contribution in [3.63, 3.8) is 0 Å². The maximum Gasteiger partial charge on any atom is 0.229 e. The summed E-state index contributed by atoms with van der Waals surface area (Å²) in [6.45, 7) is 12.8. The second-order valence-corrected chi connectivity index (χ2v) is 10.5. The van der Waals surface area contributed by atoms with E-state index in [1.807, 2.05) is 37.4 Å². The fourth-order valence-corrected chi connectivity index (χ4v) is 6.00. The predicted molar refractivity (Wildman–Crippen MR) is 143 cm³/mol. The average molecular weight is 501 g/mol. The van der Waals surface area contributed by atoms with Crippen molar-refractivity contribution in [3.8, 4) is 11.3 Å². The summed E-state index contributed by atoms with van der Waals surface area (Å²) in [5, 5.41) is 3.14. The summed E-state index contributed by atoms with van der Waals surface area (Å²) in [6, 6.07) is 11.3. The first-order valence-corrected chi connectivity index (χ1v) is 13.1. The molecule has 9 heteroatoms. The Hall–Kier alpha value is -3.43. The number of fused-ring (bicyclic) bond motifs is 3. The molecule has 192 valence electrons. The second kappa shape index (κ2) is 9.46. The lowest BCUT2D eigenvalue weighted by molar-refractivity contribution is 0.127. The number of nitrogens with zero attached hydrogens (tertiary/aromatic N) is 7. The molecule has 2 aliphatic heterocycles. The normalized spacial score (nSPS) is 19.9. The van der Waals surface area contributed by atoms with Crippen molar-refractivity contribution < 1.29 is 4.39 Å². The molecule has 2 fully saturated rings. The molecule has 2 saturated heterocycles. The van der Waals surface area contributed by atoms with Crippen molar-refractivity contribution in [1.29, 1.82) is 0 Å². The second-order valence-electron chi connectivity index (χ2n) is 10.5. The highest BCUT2D eigenvalue weighted by Gasteiger charge is 2.42. The fraction of sp³-hybridized carbons (Fsp3) is 0.429. The van der Waals surface area contributed by atoms with Gasteiger partial charge in [0.1, 0.15) is 17.3 Å². The van der Waals surface area contributed by atoms with E-state index in [4.69, 9.17) is 0 Å². The number of imidazole rings is 1. The fourth-order valence-electron chi connectivity index (χ4n) is 6.00. The van der Waals surface area contributed by atoms with Gasteiger partial charge in [-0.25, -0.2) is 24.3 Å². The van der Waals surface area contributed by atoms with Gasteiger partial charge in [0.05, 0.1) is 17.2 Å². The first kappa shape index (κ1) is 23.9. The molecule has 5 heterocycles. The quantitative estimate of drug-likeness (QED) is 0.385. The number of hydrogen-bond donors (Lipinski definition) is 1. The van der Waals surface area contributed by atoms with Gasteiger partial charge in [-0.15, -0.1) is 0 Å². The van der Waals surface area contributed by atoms with Gasteiger partial charge >= 0.3 is 0 Å². The molecule has 0 spiro atoms. The molecule has 4 aromatic rings. The number of pyridine rings is 1. The van der Waals surface area contributed by atoms with Gasteiger partial charge in [-0.2, -0.15) is 0 Å². The lowest BCUT2D eigenvalue weighted by atomic mass is 10.1. The maximum absolute atomic E-state index is 14.8. The van der Waals surface area contributed by atoms with Crippen molar-refractivity contribution in [1.82, 2.24) is 34.3 Å². The molecule has 0 saturated carbocycles. The minimum atomic E-state index is -0.470. The molecular formula is C28H33FN8. The van der Waals surface area contributed by atoms with Gasteiger partial charge < -0.3 is 9.88 Å². The van der Waals surface area contributed by atoms with E-state index in [1.165, 1.54) is 24.7 Å². The standard InChI is InChI=1S/C28H33FN8/c1-5-35-15-22-11-21(35)16-36(22)14-19-6-9-26(30-12-19)33-28-31-13-23(29)27(34-28)20-7-8-24-25(10-20)37(17(2)3)18(4)32-24/h6-10,12-13,17,21-22H,5,11,14-16H2,1-4H3,(H,30,31,33,34). The van der Waals surface area contributed by atoms with Crippen molar-refractivity contribution >= 4 is 22.8 Å². The van der Waals surface area contributed by atoms with Crippen LogP contribution in [0.4, 0.5) is 16.2 Å². The number of aryl methyl sites for hydroxylation is 1.